The van der Waals surface area contributed by atoms with Crippen molar-refractivity contribution in [3.05, 3.63) is 86.6 Å². The average Bonchev–Trinajstić information content (AvgIpc) is 3.20. The molecular formula is C21H12BrN3O6. The van der Waals surface area contributed by atoms with Crippen LogP contribution in [0.1, 0.15) is 5.76 Å². The van der Waals surface area contributed by atoms with Crippen molar-refractivity contribution < 1.29 is 23.7 Å². The SMILES string of the molecule is O=C1NC(=O)N(c2cccc(Br)c2)C(=O)/C1=C/c1ccc(-c2cccc([N+](=O)[O-])c2)o1. The number of nitro benzene ring substituents is 1. The fourth-order valence-electron chi connectivity index (χ4n) is 3.01. The van der Waals surface area contributed by atoms with E-state index in [4.69, 9.17) is 4.42 Å². The van der Waals surface area contributed by atoms with Gasteiger partial charge in [-0.05, 0) is 36.4 Å². The lowest BCUT2D eigenvalue weighted by Crippen LogP contribution is -2.54. The first kappa shape index (κ1) is 20.2. The molecule has 1 aliphatic rings. The Morgan fingerprint density at radius 3 is 2.55 bits per heavy atom. The predicted octanol–water partition coefficient (Wildman–Crippen LogP) is 4.28. The van der Waals surface area contributed by atoms with Gasteiger partial charge in [0.05, 0.1) is 10.6 Å². The minimum Gasteiger partial charge on any atom is -0.457 e. The Kier molecular flexibility index (Phi) is 5.22. The molecule has 4 rings (SSSR count). The molecule has 3 aromatic rings. The van der Waals surface area contributed by atoms with E-state index in [0.29, 0.717) is 15.8 Å². The molecule has 2 aromatic carbocycles. The fourth-order valence-corrected chi connectivity index (χ4v) is 3.39. The number of halogens is 1. The number of amides is 4. The number of carbonyl (C=O) groups excluding carboxylic acids is 3. The van der Waals surface area contributed by atoms with E-state index in [9.17, 15) is 24.5 Å². The lowest BCUT2D eigenvalue weighted by atomic mass is 10.1. The molecule has 1 N–H and O–H groups in total. The van der Waals surface area contributed by atoms with Crippen LogP contribution >= 0.6 is 15.9 Å². The number of hydrogen-bond acceptors (Lipinski definition) is 6. The topological polar surface area (TPSA) is 123 Å². The summed E-state index contributed by atoms with van der Waals surface area (Å²) in [5, 5.41) is 13.1. The molecule has 0 radical (unpaired) electrons. The molecule has 0 unspecified atom stereocenters. The highest BCUT2D eigenvalue weighted by Gasteiger charge is 2.37. The largest absolute Gasteiger partial charge is 0.457 e. The van der Waals surface area contributed by atoms with Crippen LogP contribution in [0.4, 0.5) is 16.2 Å². The molecule has 10 heteroatoms. The van der Waals surface area contributed by atoms with Gasteiger partial charge in [0.25, 0.3) is 17.5 Å². The lowest BCUT2D eigenvalue weighted by molar-refractivity contribution is -0.384. The van der Waals surface area contributed by atoms with Crippen molar-refractivity contribution in [1.29, 1.82) is 0 Å². The van der Waals surface area contributed by atoms with Crippen molar-refractivity contribution in [2.75, 3.05) is 4.90 Å². The molecular weight excluding hydrogens is 470 g/mol. The van der Waals surface area contributed by atoms with E-state index in [1.165, 1.54) is 30.3 Å². The van der Waals surface area contributed by atoms with E-state index in [1.54, 1.807) is 36.4 Å². The number of nitrogens with zero attached hydrogens (tertiary/aromatic N) is 2. The first-order valence-electron chi connectivity index (χ1n) is 8.85. The third-order valence-corrected chi connectivity index (χ3v) is 4.92. The van der Waals surface area contributed by atoms with Crippen molar-refractivity contribution in [1.82, 2.24) is 5.32 Å². The molecule has 1 fully saturated rings. The zero-order chi connectivity index (χ0) is 22.1. The van der Waals surface area contributed by atoms with Gasteiger partial charge in [0, 0.05) is 22.2 Å². The summed E-state index contributed by atoms with van der Waals surface area (Å²) >= 11 is 3.28. The Balaban J connectivity index is 1.67. The molecule has 4 amide bonds. The monoisotopic (exact) mass is 481 g/mol. The lowest BCUT2D eigenvalue weighted by Gasteiger charge is -2.26. The molecule has 9 nitrogen and oxygen atoms in total. The van der Waals surface area contributed by atoms with Crippen LogP contribution < -0.4 is 10.2 Å². The minimum atomic E-state index is -0.859. The number of benzene rings is 2. The smallest absolute Gasteiger partial charge is 0.335 e. The van der Waals surface area contributed by atoms with Crippen LogP contribution in [0.15, 0.2) is 75.1 Å². The summed E-state index contributed by atoms with van der Waals surface area (Å²) in [5.74, 6) is -1.17. The molecule has 0 spiro atoms. The predicted molar refractivity (Wildman–Crippen MR) is 114 cm³/mol. The van der Waals surface area contributed by atoms with Crippen LogP contribution in [-0.4, -0.2) is 22.8 Å². The summed E-state index contributed by atoms with van der Waals surface area (Å²) in [6, 6.07) is 14.6. The molecule has 1 saturated heterocycles. The summed E-state index contributed by atoms with van der Waals surface area (Å²) in [6.45, 7) is 0. The maximum Gasteiger partial charge on any atom is 0.335 e. The first-order chi connectivity index (χ1) is 14.8. The zero-order valence-corrected chi connectivity index (χ0v) is 17.2. The minimum absolute atomic E-state index is 0.0983. The highest BCUT2D eigenvalue weighted by atomic mass is 79.9. The van der Waals surface area contributed by atoms with E-state index in [2.05, 4.69) is 21.2 Å². The number of furan rings is 1. The van der Waals surface area contributed by atoms with Gasteiger partial charge in [-0.2, -0.15) is 0 Å². The number of non-ortho nitro benzene ring substituents is 1. The summed E-state index contributed by atoms with van der Waals surface area (Å²) in [7, 11) is 0. The Bertz CT molecular complexity index is 1280. The van der Waals surface area contributed by atoms with E-state index in [-0.39, 0.29) is 22.7 Å². The number of carbonyl (C=O) groups is 3. The second kappa shape index (κ2) is 8.00. The van der Waals surface area contributed by atoms with Gasteiger partial charge in [-0.25, -0.2) is 9.69 Å². The number of barbiturate groups is 1. The Morgan fingerprint density at radius 1 is 1.03 bits per heavy atom. The summed E-state index contributed by atoms with van der Waals surface area (Å²) in [4.78, 5) is 48.7. The fraction of sp³-hybridized carbons (Fsp3) is 0. The van der Waals surface area contributed by atoms with Gasteiger partial charge in [-0.3, -0.25) is 25.0 Å². The molecule has 0 saturated carbocycles. The molecule has 154 valence electrons. The van der Waals surface area contributed by atoms with Crippen molar-refractivity contribution in [2.24, 2.45) is 0 Å². The molecule has 0 bridgehead atoms. The maximum atomic E-state index is 12.9. The van der Waals surface area contributed by atoms with E-state index >= 15 is 0 Å². The first-order valence-corrected chi connectivity index (χ1v) is 9.64. The second-order valence-electron chi connectivity index (χ2n) is 6.45. The van der Waals surface area contributed by atoms with Crippen molar-refractivity contribution in [2.45, 2.75) is 0 Å². The molecule has 31 heavy (non-hydrogen) atoms. The van der Waals surface area contributed by atoms with Crippen LogP contribution in [-0.2, 0) is 9.59 Å². The van der Waals surface area contributed by atoms with Gasteiger partial charge in [0.15, 0.2) is 0 Å². The molecule has 1 aliphatic heterocycles. The molecule has 0 aliphatic carbocycles. The summed E-state index contributed by atoms with van der Waals surface area (Å²) in [6.07, 6.45) is 1.22. The molecule has 2 heterocycles. The highest BCUT2D eigenvalue weighted by molar-refractivity contribution is 9.10. The van der Waals surface area contributed by atoms with Gasteiger partial charge < -0.3 is 4.42 Å². The molecule has 0 atom stereocenters. The van der Waals surface area contributed by atoms with Gasteiger partial charge >= 0.3 is 6.03 Å². The number of imide groups is 2. The standard InChI is InChI=1S/C21H12BrN3O6/c22-13-4-2-5-14(10-13)24-20(27)17(19(26)23-21(24)28)11-16-7-8-18(31-16)12-3-1-6-15(9-12)25(29)30/h1-11H,(H,23,26,28)/b17-11+. The Labute approximate surface area is 183 Å². The van der Waals surface area contributed by atoms with Gasteiger partial charge in [0.1, 0.15) is 17.1 Å². The van der Waals surface area contributed by atoms with E-state index < -0.39 is 22.8 Å². The molecule has 1 aromatic heterocycles. The van der Waals surface area contributed by atoms with E-state index in [1.807, 2.05) is 0 Å². The number of nitro groups is 1. The maximum absolute atomic E-state index is 12.9. The second-order valence-corrected chi connectivity index (χ2v) is 7.36. The third-order valence-electron chi connectivity index (χ3n) is 4.42. The number of hydrogen-bond donors (Lipinski definition) is 1. The normalized spacial score (nSPS) is 15.3. The van der Waals surface area contributed by atoms with E-state index in [0.717, 1.165) is 4.90 Å². The average molecular weight is 482 g/mol. The van der Waals surface area contributed by atoms with Crippen LogP contribution in [0.3, 0.4) is 0 Å². The zero-order valence-electron chi connectivity index (χ0n) is 15.6. The van der Waals surface area contributed by atoms with Crippen molar-refractivity contribution in [3.8, 4) is 11.3 Å². The summed E-state index contributed by atoms with van der Waals surface area (Å²) < 4.78 is 6.30. The van der Waals surface area contributed by atoms with Crippen LogP contribution in [0, 0.1) is 10.1 Å². The van der Waals surface area contributed by atoms with Crippen LogP contribution in [0.2, 0.25) is 0 Å². The highest BCUT2D eigenvalue weighted by Crippen LogP contribution is 2.28. The third kappa shape index (κ3) is 4.01. The summed E-state index contributed by atoms with van der Waals surface area (Å²) in [5.41, 5.74) is 0.356. The Morgan fingerprint density at radius 2 is 1.81 bits per heavy atom. The van der Waals surface area contributed by atoms with Crippen LogP contribution in [0.5, 0.6) is 0 Å². The number of urea groups is 1. The Hall–Kier alpha value is -4.05. The van der Waals surface area contributed by atoms with Crippen LogP contribution in [0.25, 0.3) is 17.4 Å². The van der Waals surface area contributed by atoms with Gasteiger partial charge in [-0.1, -0.05) is 34.1 Å². The van der Waals surface area contributed by atoms with Crippen molar-refractivity contribution in [3.63, 3.8) is 0 Å². The van der Waals surface area contributed by atoms with Crippen molar-refractivity contribution >= 4 is 51.2 Å². The van der Waals surface area contributed by atoms with Gasteiger partial charge in [-0.15, -0.1) is 0 Å². The number of rotatable bonds is 4. The number of nitrogens with one attached hydrogen (secondary N) is 1. The quantitative estimate of drug-likeness (QED) is 0.256. The van der Waals surface area contributed by atoms with Gasteiger partial charge in [0.2, 0.25) is 0 Å². The number of anilines is 1.